The number of anilines is 1. The fourth-order valence-corrected chi connectivity index (χ4v) is 5.86. The maximum Gasteiger partial charge on any atom is 0.335 e. The van der Waals surface area contributed by atoms with E-state index in [1.165, 1.54) is 12.1 Å². The Balaban J connectivity index is 1.63. The number of rotatable bonds is 5. The molecular weight excluding hydrogens is 442 g/mol. The number of carboxylic acid groups (broad SMARTS) is 1. The average molecular weight is 464 g/mol. The highest BCUT2D eigenvalue weighted by atomic mass is 32.2. The summed E-state index contributed by atoms with van der Waals surface area (Å²) in [5, 5.41) is 12.1. The van der Waals surface area contributed by atoms with Crippen molar-refractivity contribution in [3.8, 4) is 0 Å². The molecule has 0 unspecified atom stereocenters. The van der Waals surface area contributed by atoms with Crippen LogP contribution in [0.3, 0.4) is 0 Å². The second-order valence-corrected chi connectivity index (χ2v) is 10.2. The average Bonchev–Trinajstić information content (AvgIpc) is 3.30. The van der Waals surface area contributed by atoms with E-state index in [2.05, 4.69) is 5.32 Å². The van der Waals surface area contributed by atoms with Crippen LogP contribution in [0, 0.1) is 0 Å². The van der Waals surface area contributed by atoms with Crippen molar-refractivity contribution in [2.24, 2.45) is 0 Å². The van der Waals surface area contributed by atoms with E-state index in [1.807, 2.05) is 0 Å². The Kier molecular flexibility index (Phi) is 5.17. The first-order chi connectivity index (χ1) is 15.8. The maximum atomic E-state index is 13.2. The number of carbonyl (C=O) groups excluding carboxylic acids is 1. The molecule has 0 radical (unpaired) electrons. The molecule has 33 heavy (non-hydrogen) atoms. The second kappa shape index (κ2) is 8.04. The van der Waals surface area contributed by atoms with Gasteiger partial charge < -0.3 is 14.8 Å². The molecule has 168 valence electrons. The van der Waals surface area contributed by atoms with Crippen molar-refractivity contribution in [2.45, 2.75) is 36.3 Å². The molecule has 3 aromatic rings. The molecule has 7 nitrogen and oxygen atoms in total. The van der Waals surface area contributed by atoms with E-state index in [9.17, 15) is 23.1 Å². The van der Waals surface area contributed by atoms with Gasteiger partial charge in [0.25, 0.3) is 5.91 Å². The van der Waals surface area contributed by atoms with Gasteiger partial charge in [-0.25, -0.2) is 13.2 Å². The zero-order chi connectivity index (χ0) is 23.2. The third kappa shape index (κ3) is 3.87. The molecule has 1 amide bonds. The highest BCUT2D eigenvalue weighted by molar-refractivity contribution is 7.90. The first kappa shape index (κ1) is 21.2. The summed E-state index contributed by atoms with van der Waals surface area (Å²) in [6.45, 7) is 0. The Labute approximate surface area is 190 Å². The molecule has 2 aromatic carbocycles. The van der Waals surface area contributed by atoms with Crippen molar-refractivity contribution in [3.63, 3.8) is 0 Å². The number of hydrogen-bond donors (Lipinski definition) is 2. The van der Waals surface area contributed by atoms with Gasteiger partial charge in [-0.1, -0.05) is 18.2 Å². The molecular formula is C25H21NO6S. The fourth-order valence-electron chi connectivity index (χ4n) is 4.42. The lowest BCUT2D eigenvalue weighted by molar-refractivity contribution is -0.110. The molecule has 0 spiro atoms. The van der Waals surface area contributed by atoms with Crippen molar-refractivity contribution in [1.82, 2.24) is 0 Å². The minimum Gasteiger partial charge on any atom is -0.478 e. The Hall–Kier alpha value is -3.65. The van der Waals surface area contributed by atoms with E-state index >= 15 is 0 Å². The number of aromatic carboxylic acids is 1. The van der Waals surface area contributed by atoms with Gasteiger partial charge in [0.05, 0.1) is 21.8 Å². The molecule has 1 aliphatic heterocycles. The predicted molar refractivity (Wildman–Crippen MR) is 123 cm³/mol. The maximum absolute atomic E-state index is 13.2. The minimum absolute atomic E-state index is 0.0572. The molecule has 0 bridgehead atoms. The number of fused-ring (bicyclic) bond motifs is 2. The van der Waals surface area contributed by atoms with E-state index in [0.29, 0.717) is 35.4 Å². The summed E-state index contributed by atoms with van der Waals surface area (Å²) in [6, 6.07) is 12.7. The summed E-state index contributed by atoms with van der Waals surface area (Å²) in [6.07, 6.45) is 4.86. The van der Waals surface area contributed by atoms with Crippen LogP contribution in [-0.4, -0.2) is 25.4 Å². The topological polar surface area (TPSA) is 114 Å². The number of carbonyl (C=O) groups is 2. The van der Waals surface area contributed by atoms with Crippen LogP contribution >= 0.6 is 0 Å². The third-order valence-corrected chi connectivity index (χ3v) is 7.73. The molecule has 2 heterocycles. The number of amides is 1. The number of furan rings is 1. The van der Waals surface area contributed by atoms with Gasteiger partial charge in [-0.3, -0.25) is 4.79 Å². The van der Waals surface area contributed by atoms with Gasteiger partial charge in [-0.05, 0) is 61.2 Å². The van der Waals surface area contributed by atoms with Crippen molar-refractivity contribution < 1.29 is 27.5 Å². The van der Waals surface area contributed by atoms with Crippen molar-refractivity contribution in [1.29, 1.82) is 0 Å². The number of benzene rings is 2. The predicted octanol–water partition coefficient (Wildman–Crippen LogP) is 4.32. The van der Waals surface area contributed by atoms with Crippen LogP contribution in [0.4, 0.5) is 5.69 Å². The Morgan fingerprint density at radius 2 is 1.85 bits per heavy atom. The van der Waals surface area contributed by atoms with E-state index in [1.54, 1.807) is 42.5 Å². The normalized spacial score (nSPS) is 16.4. The summed E-state index contributed by atoms with van der Waals surface area (Å²) in [7, 11) is -3.63. The molecule has 0 atom stereocenters. The van der Waals surface area contributed by atoms with Crippen LogP contribution in [0.15, 0.2) is 57.8 Å². The largest absolute Gasteiger partial charge is 0.478 e. The summed E-state index contributed by atoms with van der Waals surface area (Å²) >= 11 is 0. The standard InChI is InChI=1S/C25H21NO6S/c27-24-19(18-12-15(25(28)29)10-11-21(18)26-24)13-23-20(17-8-4-5-9-22(17)32-23)14-33(30,31)16-6-2-1-3-7-16/h1-3,6-7,10-13H,4-5,8-9,14H2,(H,26,27)(H,28,29). The van der Waals surface area contributed by atoms with Gasteiger partial charge in [0, 0.05) is 23.2 Å². The molecule has 8 heteroatoms. The van der Waals surface area contributed by atoms with Gasteiger partial charge >= 0.3 is 5.97 Å². The molecule has 0 saturated carbocycles. The molecule has 2 aliphatic rings. The Bertz CT molecular complexity index is 1420. The van der Waals surface area contributed by atoms with Crippen LogP contribution in [0.25, 0.3) is 11.6 Å². The van der Waals surface area contributed by atoms with Crippen LogP contribution < -0.4 is 5.32 Å². The smallest absolute Gasteiger partial charge is 0.335 e. The molecule has 2 N–H and O–H groups in total. The number of sulfone groups is 1. The number of hydrogen-bond acceptors (Lipinski definition) is 5. The minimum atomic E-state index is -3.63. The Morgan fingerprint density at radius 1 is 1.09 bits per heavy atom. The van der Waals surface area contributed by atoms with Gasteiger partial charge in [-0.2, -0.15) is 0 Å². The van der Waals surface area contributed by atoms with Crippen LogP contribution in [0.5, 0.6) is 0 Å². The number of nitrogens with one attached hydrogen (secondary N) is 1. The summed E-state index contributed by atoms with van der Waals surface area (Å²) in [4.78, 5) is 24.3. The molecule has 1 aromatic heterocycles. The quantitative estimate of drug-likeness (QED) is 0.545. The molecule has 5 rings (SSSR count). The van der Waals surface area contributed by atoms with Gasteiger partial charge in [0.1, 0.15) is 11.5 Å². The highest BCUT2D eigenvalue weighted by Gasteiger charge is 2.30. The summed E-state index contributed by atoms with van der Waals surface area (Å²) in [5.74, 6) is -0.638. The lowest BCUT2D eigenvalue weighted by Crippen LogP contribution is -2.09. The lowest BCUT2D eigenvalue weighted by Gasteiger charge is -2.11. The molecule has 0 fully saturated rings. The van der Waals surface area contributed by atoms with Gasteiger partial charge in [0.2, 0.25) is 0 Å². The first-order valence-electron chi connectivity index (χ1n) is 10.7. The van der Waals surface area contributed by atoms with E-state index in [-0.39, 0.29) is 21.8 Å². The van der Waals surface area contributed by atoms with Gasteiger partial charge in [-0.15, -0.1) is 0 Å². The first-order valence-corrected chi connectivity index (χ1v) is 12.3. The third-order valence-electron chi connectivity index (χ3n) is 6.07. The molecule has 1 aliphatic carbocycles. The monoisotopic (exact) mass is 463 g/mol. The summed E-state index contributed by atoms with van der Waals surface area (Å²) in [5.41, 5.74) is 2.72. The lowest BCUT2D eigenvalue weighted by atomic mass is 9.94. The highest BCUT2D eigenvalue weighted by Crippen LogP contribution is 2.38. The van der Waals surface area contributed by atoms with E-state index in [4.69, 9.17) is 4.42 Å². The Morgan fingerprint density at radius 3 is 2.61 bits per heavy atom. The molecule has 0 saturated heterocycles. The number of carboxylic acids is 1. The van der Waals surface area contributed by atoms with Crippen molar-refractivity contribution >= 4 is 39.1 Å². The van der Waals surface area contributed by atoms with E-state index in [0.717, 1.165) is 24.2 Å². The summed E-state index contributed by atoms with van der Waals surface area (Å²) < 4.78 is 32.4. The second-order valence-electron chi connectivity index (χ2n) is 8.20. The van der Waals surface area contributed by atoms with Crippen LogP contribution in [-0.2, 0) is 33.2 Å². The van der Waals surface area contributed by atoms with Crippen molar-refractivity contribution in [3.05, 3.63) is 82.3 Å². The SMILES string of the molecule is O=C1Nc2ccc(C(=O)O)cc2C1=Cc1oc2c(c1CS(=O)(=O)c1ccccc1)CCCC2. The zero-order valence-electron chi connectivity index (χ0n) is 17.6. The zero-order valence-corrected chi connectivity index (χ0v) is 18.4. The van der Waals surface area contributed by atoms with Gasteiger partial charge in [0.15, 0.2) is 9.84 Å². The fraction of sp³-hybridized carbons (Fsp3) is 0.200. The van der Waals surface area contributed by atoms with Crippen LogP contribution in [0.1, 0.15) is 51.4 Å². The van der Waals surface area contributed by atoms with Crippen molar-refractivity contribution in [2.75, 3.05) is 5.32 Å². The van der Waals surface area contributed by atoms with E-state index < -0.39 is 21.7 Å². The number of aryl methyl sites for hydroxylation is 1. The van der Waals surface area contributed by atoms with Crippen LogP contribution in [0.2, 0.25) is 0 Å².